The minimum atomic E-state index is -0.135. The fraction of sp³-hybridized carbons (Fsp3) is 0.562. The zero-order valence-corrected chi connectivity index (χ0v) is 13.7. The van der Waals surface area contributed by atoms with Crippen molar-refractivity contribution in [1.82, 2.24) is 5.32 Å². The molecule has 0 aliphatic rings. The second-order valence-electron chi connectivity index (χ2n) is 5.18. The van der Waals surface area contributed by atoms with E-state index < -0.39 is 0 Å². The maximum absolute atomic E-state index is 11.6. The van der Waals surface area contributed by atoms with Crippen LogP contribution in [-0.2, 0) is 16.1 Å². The zero-order chi connectivity index (χ0) is 14.8. The van der Waals surface area contributed by atoms with Gasteiger partial charge in [0.2, 0.25) is 5.91 Å². The molecule has 4 nitrogen and oxygen atoms in total. The van der Waals surface area contributed by atoms with Gasteiger partial charge in [0.05, 0.1) is 6.61 Å². The summed E-state index contributed by atoms with van der Waals surface area (Å²) in [5.41, 5.74) is 6.87. The molecule has 120 valence electrons. The van der Waals surface area contributed by atoms with Crippen LogP contribution in [0.1, 0.15) is 32.3 Å². The third kappa shape index (κ3) is 8.71. The third-order valence-electron chi connectivity index (χ3n) is 3.33. The predicted octanol–water partition coefficient (Wildman–Crippen LogP) is 2.50. The summed E-state index contributed by atoms with van der Waals surface area (Å²) in [7, 11) is 0. The summed E-state index contributed by atoms with van der Waals surface area (Å²) in [6.45, 7) is 5.75. The summed E-state index contributed by atoms with van der Waals surface area (Å²) in [5.74, 6) is -0.102. The van der Waals surface area contributed by atoms with Gasteiger partial charge in [-0.3, -0.25) is 4.79 Å². The summed E-state index contributed by atoms with van der Waals surface area (Å²) < 4.78 is 5.58. The molecule has 0 saturated heterocycles. The number of halogens is 1. The lowest BCUT2D eigenvalue weighted by atomic mass is 10.0. The number of hydrogen-bond donors (Lipinski definition) is 2. The normalized spacial score (nSPS) is 13.1. The van der Waals surface area contributed by atoms with E-state index in [2.05, 4.69) is 17.4 Å². The summed E-state index contributed by atoms with van der Waals surface area (Å²) in [6, 6.07) is 10.0. The van der Waals surface area contributed by atoms with E-state index in [9.17, 15) is 4.79 Å². The van der Waals surface area contributed by atoms with Gasteiger partial charge < -0.3 is 15.8 Å². The number of nitrogens with two attached hydrogens (primary N) is 1. The van der Waals surface area contributed by atoms with Crippen LogP contribution < -0.4 is 11.1 Å². The number of carbonyl (C=O) groups excluding carboxylic acids is 1. The molecule has 21 heavy (non-hydrogen) atoms. The highest BCUT2D eigenvalue weighted by Gasteiger charge is 2.15. The van der Waals surface area contributed by atoms with Crippen LogP contribution in [-0.4, -0.2) is 25.1 Å². The lowest BCUT2D eigenvalue weighted by Gasteiger charge is -2.15. The average Bonchev–Trinajstić information content (AvgIpc) is 2.46. The Balaban J connectivity index is 0.00000400. The molecule has 1 aromatic rings. The molecule has 3 N–H and O–H groups in total. The molecular formula is C16H27ClN2O2. The van der Waals surface area contributed by atoms with Gasteiger partial charge in [-0.25, -0.2) is 0 Å². The second kappa shape index (κ2) is 11.5. The molecule has 0 heterocycles. The van der Waals surface area contributed by atoms with Crippen molar-refractivity contribution in [2.24, 2.45) is 11.7 Å². The highest BCUT2D eigenvalue weighted by atomic mass is 35.5. The van der Waals surface area contributed by atoms with E-state index in [0.717, 1.165) is 12.8 Å². The van der Waals surface area contributed by atoms with E-state index in [4.69, 9.17) is 10.5 Å². The van der Waals surface area contributed by atoms with Gasteiger partial charge in [-0.05, 0) is 25.3 Å². The number of unbranched alkanes of at least 4 members (excludes halogenated alkanes) is 1. The summed E-state index contributed by atoms with van der Waals surface area (Å²) >= 11 is 0. The van der Waals surface area contributed by atoms with Crippen molar-refractivity contribution < 1.29 is 9.53 Å². The average molecular weight is 315 g/mol. The first-order valence-corrected chi connectivity index (χ1v) is 7.26. The summed E-state index contributed by atoms with van der Waals surface area (Å²) in [6.07, 6.45) is 1.87. The molecule has 0 bridgehead atoms. The Labute approximate surface area is 133 Å². The topological polar surface area (TPSA) is 64.4 Å². The molecule has 0 spiro atoms. The molecule has 1 aromatic carbocycles. The molecule has 0 aromatic heterocycles. The molecule has 2 unspecified atom stereocenters. The monoisotopic (exact) mass is 314 g/mol. The van der Waals surface area contributed by atoms with Gasteiger partial charge in [0.1, 0.15) is 0 Å². The van der Waals surface area contributed by atoms with Gasteiger partial charge in [0.25, 0.3) is 0 Å². The van der Waals surface area contributed by atoms with Crippen LogP contribution >= 0.6 is 12.4 Å². The molecule has 0 aliphatic carbocycles. The van der Waals surface area contributed by atoms with Crippen molar-refractivity contribution in [1.29, 1.82) is 0 Å². The molecule has 0 aliphatic heterocycles. The van der Waals surface area contributed by atoms with Crippen molar-refractivity contribution in [3.63, 3.8) is 0 Å². The number of rotatable bonds is 9. The van der Waals surface area contributed by atoms with E-state index >= 15 is 0 Å². The van der Waals surface area contributed by atoms with Crippen molar-refractivity contribution in [3.05, 3.63) is 35.9 Å². The molecule has 1 rings (SSSR count). The van der Waals surface area contributed by atoms with Crippen LogP contribution in [0.25, 0.3) is 0 Å². The Morgan fingerprint density at radius 3 is 2.52 bits per heavy atom. The molecule has 5 heteroatoms. The largest absolute Gasteiger partial charge is 0.377 e. The van der Waals surface area contributed by atoms with Gasteiger partial charge in [-0.15, -0.1) is 12.4 Å². The van der Waals surface area contributed by atoms with Crippen molar-refractivity contribution in [2.45, 2.75) is 39.3 Å². The van der Waals surface area contributed by atoms with Crippen molar-refractivity contribution >= 4 is 18.3 Å². The molecule has 0 saturated carbocycles. The first kappa shape index (κ1) is 19.9. The first-order valence-electron chi connectivity index (χ1n) is 7.26. The number of hydrogen-bond acceptors (Lipinski definition) is 3. The van der Waals surface area contributed by atoms with Crippen LogP contribution in [0, 0.1) is 5.92 Å². The third-order valence-corrected chi connectivity index (χ3v) is 3.33. The van der Waals surface area contributed by atoms with Crippen molar-refractivity contribution in [3.8, 4) is 0 Å². The standard InChI is InChI=1S/C16H26N2O2.ClH/c1-13(14(2)17)16(19)18-10-6-7-11-20-12-15-8-4-3-5-9-15;/h3-5,8-9,13-14H,6-7,10-12,17H2,1-2H3,(H,18,19);1H. The van der Waals surface area contributed by atoms with Gasteiger partial charge in [0.15, 0.2) is 0 Å². The number of carbonyl (C=O) groups is 1. The summed E-state index contributed by atoms with van der Waals surface area (Å²) in [4.78, 5) is 11.6. The van der Waals surface area contributed by atoms with E-state index in [-0.39, 0.29) is 30.3 Å². The Morgan fingerprint density at radius 2 is 1.90 bits per heavy atom. The van der Waals surface area contributed by atoms with Crippen LogP contribution in [0.3, 0.4) is 0 Å². The molecule has 2 atom stereocenters. The highest BCUT2D eigenvalue weighted by molar-refractivity contribution is 5.85. The van der Waals surface area contributed by atoms with E-state index in [1.54, 1.807) is 0 Å². The van der Waals surface area contributed by atoms with Crippen LogP contribution in [0.5, 0.6) is 0 Å². The molecular weight excluding hydrogens is 288 g/mol. The van der Waals surface area contributed by atoms with Crippen LogP contribution in [0.2, 0.25) is 0 Å². The number of ether oxygens (including phenoxy) is 1. The molecule has 0 fully saturated rings. The number of amides is 1. The molecule has 0 radical (unpaired) electrons. The maximum Gasteiger partial charge on any atom is 0.224 e. The predicted molar refractivity (Wildman–Crippen MR) is 88.4 cm³/mol. The lowest BCUT2D eigenvalue weighted by Crippen LogP contribution is -2.38. The fourth-order valence-corrected chi connectivity index (χ4v) is 1.70. The Bertz CT molecular complexity index is 385. The van der Waals surface area contributed by atoms with Crippen molar-refractivity contribution in [2.75, 3.05) is 13.2 Å². The number of benzene rings is 1. The Morgan fingerprint density at radius 1 is 1.24 bits per heavy atom. The van der Waals surface area contributed by atoms with E-state index in [1.807, 2.05) is 32.0 Å². The van der Waals surface area contributed by atoms with Gasteiger partial charge in [-0.1, -0.05) is 37.3 Å². The highest BCUT2D eigenvalue weighted by Crippen LogP contribution is 2.02. The first-order chi connectivity index (χ1) is 9.61. The smallest absolute Gasteiger partial charge is 0.224 e. The molecule has 1 amide bonds. The van der Waals surface area contributed by atoms with Gasteiger partial charge >= 0.3 is 0 Å². The van der Waals surface area contributed by atoms with Crippen LogP contribution in [0.4, 0.5) is 0 Å². The zero-order valence-electron chi connectivity index (χ0n) is 12.9. The minimum absolute atomic E-state index is 0. The lowest BCUT2D eigenvalue weighted by molar-refractivity contribution is -0.124. The van der Waals surface area contributed by atoms with Gasteiger partial charge in [0, 0.05) is 25.1 Å². The fourth-order valence-electron chi connectivity index (χ4n) is 1.70. The number of nitrogens with one attached hydrogen (secondary N) is 1. The van der Waals surface area contributed by atoms with Gasteiger partial charge in [-0.2, -0.15) is 0 Å². The maximum atomic E-state index is 11.6. The van der Waals surface area contributed by atoms with Crippen LogP contribution in [0.15, 0.2) is 30.3 Å². The Kier molecular flexibility index (Phi) is 10.9. The van der Waals surface area contributed by atoms with E-state index in [1.165, 1.54) is 5.56 Å². The summed E-state index contributed by atoms with van der Waals surface area (Å²) in [5, 5.41) is 2.90. The quantitative estimate of drug-likeness (QED) is 0.688. The minimum Gasteiger partial charge on any atom is -0.377 e. The Hall–Kier alpha value is -1.10. The second-order valence-corrected chi connectivity index (χ2v) is 5.18. The SMILES string of the molecule is CC(N)C(C)C(=O)NCCCCOCc1ccccc1.Cl. The van der Waals surface area contributed by atoms with E-state index in [0.29, 0.717) is 19.8 Å².